The molecule has 1 aromatic carbocycles. The van der Waals surface area contributed by atoms with Crippen LogP contribution in [-0.2, 0) is 0 Å². The maximum atomic E-state index is 4.67. The molecule has 0 radical (unpaired) electrons. The Kier molecular flexibility index (Phi) is 4.28. The second-order valence-electron chi connectivity index (χ2n) is 6.24. The van der Waals surface area contributed by atoms with E-state index in [-0.39, 0.29) is 0 Å². The van der Waals surface area contributed by atoms with Crippen molar-refractivity contribution in [1.29, 1.82) is 0 Å². The standard InChI is InChI=1S/C18H25N3/c1-14-13-21(17-11-7-4-8-12-17)18(19-14)20-15(2)16-9-5-3-6-10-16/h4,7-8,11-13,15-16H,3,5-6,9-10H2,1-2H3,(H,19,20). The molecule has 1 unspecified atom stereocenters. The maximum absolute atomic E-state index is 4.67. The van der Waals surface area contributed by atoms with Crippen molar-refractivity contribution >= 4 is 5.95 Å². The van der Waals surface area contributed by atoms with Crippen LogP contribution in [0, 0.1) is 12.8 Å². The number of aryl methyl sites for hydroxylation is 1. The maximum Gasteiger partial charge on any atom is 0.207 e. The van der Waals surface area contributed by atoms with E-state index in [1.165, 1.54) is 32.1 Å². The van der Waals surface area contributed by atoms with Crippen molar-refractivity contribution in [3.63, 3.8) is 0 Å². The Morgan fingerprint density at radius 2 is 1.86 bits per heavy atom. The molecule has 1 aromatic heterocycles. The van der Waals surface area contributed by atoms with Crippen molar-refractivity contribution in [3.8, 4) is 5.69 Å². The van der Waals surface area contributed by atoms with Crippen LogP contribution in [0.5, 0.6) is 0 Å². The Hall–Kier alpha value is -1.77. The number of hydrogen-bond donors (Lipinski definition) is 1. The number of para-hydroxylation sites is 1. The van der Waals surface area contributed by atoms with Gasteiger partial charge in [0.15, 0.2) is 0 Å². The van der Waals surface area contributed by atoms with Gasteiger partial charge in [0.2, 0.25) is 5.95 Å². The molecule has 0 aliphatic heterocycles. The average molecular weight is 283 g/mol. The first-order valence-corrected chi connectivity index (χ1v) is 8.12. The summed E-state index contributed by atoms with van der Waals surface area (Å²) in [6.45, 7) is 4.35. The molecule has 1 heterocycles. The number of benzene rings is 1. The quantitative estimate of drug-likeness (QED) is 0.891. The van der Waals surface area contributed by atoms with Gasteiger partial charge in [-0.1, -0.05) is 37.5 Å². The van der Waals surface area contributed by atoms with Crippen molar-refractivity contribution in [1.82, 2.24) is 9.55 Å². The van der Waals surface area contributed by atoms with Gasteiger partial charge in [-0.25, -0.2) is 4.98 Å². The van der Waals surface area contributed by atoms with Crippen molar-refractivity contribution in [2.24, 2.45) is 5.92 Å². The van der Waals surface area contributed by atoms with E-state index in [1.807, 2.05) is 6.07 Å². The lowest BCUT2D eigenvalue weighted by Gasteiger charge is -2.28. The van der Waals surface area contributed by atoms with Gasteiger partial charge in [0.05, 0.1) is 5.69 Å². The molecule has 112 valence electrons. The summed E-state index contributed by atoms with van der Waals surface area (Å²) in [6, 6.07) is 10.9. The molecule has 1 aliphatic rings. The lowest BCUT2D eigenvalue weighted by Crippen LogP contribution is -2.28. The molecule has 3 nitrogen and oxygen atoms in total. The van der Waals surface area contributed by atoms with E-state index in [2.05, 4.69) is 59.2 Å². The average Bonchev–Trinajstić information content (AvgIpc) is 2.89. The zero-order chi connectivity index (χ0) is 14.7. The van der Waals surface area contributed by atoms with E-state index in [4.69, 9.17) is 0 Å². The fourth-order valence-electron chi connectivity index (χ4n) is 3.34. The summed E-state index contributed by atoms with van der Waals surface area (Å²) in [5.41, 5.74) is 2.22. The van der Waals surface area contributed by atoms with E-state index in [1.54, 1.807) is 0 Å². The number of rotatable bonds is 4. The molecule has 0 bridgehead atoms. The first-order valence-electron chi connectivity index (χ1n) is 8.12. The molecule has 1 N–H and O–H groups in total. The fraction of sp³-hybridized carbons (Fsp3) is 0.500. The predicted octanol–water partition coefficient (Wildman–Crippen LogP) is 4.56. The third-order valence-electron chi connectivity index (χ3n) is 4.57. The minimum absolute atomic E-state index is 0.481. The second-order valence-corrected chi connectivity index (χ2v) is 6.24. The van der Waals surface area contributed by atoms with Crippen LogP contribution in [-0.4, -0.2) is 15.6 Å². The van der Waals surface area contributed by atoms with E-state index >= 15 is 0 Å². The molecule has 1 fully saturated rings. The monoisotopic (exact) mass is 283 g/mol. The summed E-state index contributed by atoms with van der Waals surface area (Å²) < 4.78 is 2.16. The normalized spacial score (nSPS) is 17.6. The van der Waals surface area contributed by atoms with Gasteiger partial charge in [0.1, 0.15) is 0 Å². The van der Waals surface area contributed by atoms with Crippen LogP contribution < -0.4 is 5.32 Å². The summed E-state index contributed by atoms with van der Waals surface area (Å²) >= 11 is 0. The molecule has 21 heavy (non-hydrogen) atoms. The Labute approximate surface area is 127 Å². The van der Waals surface area contributed by atoms with Crippen molar-refractivity contribution in [2.45, 2.75) is 52.0 Å². The molecule has 1 aliphatic carbocycles. The SMILES string of the molecule is Cc1cn(-c2ccccc2)c(NC(C)C2CCCCC2)n1. The van der Waals surface area contributed by atoms with Crippen LogP contribution in [0.4, 0.5) is 5.95 Å². The molecule has 0 amide bonds. The predicted molar refractivity (Wildman–Crippen MR) is 88.0 cm³/mol. The Morgan fingerprint density at radius 3 is 2.57 bits per heavy atom. The molecule has 0 spiro atoms. The van der Waals surface area contributed by atoms with Gasteiger partial charge in [0, 0.05) is 17.9 Å². The van der Waals surface area contributed by atoms with Crippen molar-refractivity contribution in [2.75, 3.05) is 5.32 Å². The number of nitrogens with one attached hydrogen (secondary N) is 1. The minimum Gasteiger partial charge on any atom is -0.353 e. The van der Waals surface area contributed by atoms with Gasteiger partial charge in [-0.05, 0) is 44.7 Å². The Bertz CT molecular complexity index is 567. The molecular formula is C18H25N3. The van der Waals surface area contributed by atoms with Gasteiger partial charge in [-0.3, -0.25) is 4.57 Å². The largest absolute Gasteiger partial charge is 0.353 e. The summed E-state index contributed by atoms with van der Waals surface area (Å²) in [5.74, 6) is 1.75. The highest BCUT2D eigenvalue weighted by atomic mass is 15.2. The van der Waals surface area contributed by atoms with Crippen LogP contribution in [0.3, 0.4) is 0 Å². The highest BCUT2D eigenvalue weighted by Crippen LogP contribution is 2.28. The molecule has 2 aromatic rings. The first-order chi connectivity index (χ1) is 10.2. The molecule has 1 atom stereocenters. The van der Waals surface area contributed by atoms with Gasteiger partial charge in [0.25, 0.3) is 0 Å². The van der Waals surface area contributed by atoms with Gasteiger partial charge in [-0.15, -0.1) is 0 Å². The number of anilines is 1. The summed E-state index contributed by atoms with van der Waals surface area (Å²) in [6.07, 6.45) is 8.95. The van der Waals surface area contributed by atoms with Crippen LogP contribution in [0.25, 0.3) is 5.69 Å². The summed E-state index contributed by atoms with van der Waals surface area (Å²) in [7, 11) is 0. The number of imidazole rings is 1. The lowest BCUT2D eigenvalue weighted by atomic mass is 9.85. The molecule has 3 heteroatoms. The van der Waals surface area contributed by atoms with E-state index in [0.717, 1.165) is 23.2 Å². The number of hydrogen-bond acceptors (Lipinski definition) is 2. The van der Waals surface area contributed by atoms with Gasteiger partial charge >= 0.3 is 0 Å². The van der Waals surface area contributed by atoms with Crippen molar-refractivity contribution < 1.29 is 0 Å². The molecule has 0 saturated heterocycles. The van der Waals surface area contributed by atoms with Crippen LogP contribution in [0.15, 0.2) is 36.5 Å². The highest BCUT2D eigenvalue weighted by Gasteiger charge is 2.21. The minimum atomic E-state index is 0.481. The number of nitrogens with zero attached hydrogens (tertiary/aromatic N) is 2. The first kappa shape index (κ1) is 14.2. The fourth-order valence-corrected chi connectivity index (χ4v) is 3.34. The topological polar surface area (TPSA) is 29.9 Å². The lowest BCUT2D eigenvalue weighted by molar-refractivity contribution is 0.327. The molecular weight excluding hydrogens is 258 g/mol. The molecule has 3 rings (SSSR count). The van der Waals surface area contributed by atoms with E-state index < -0.39 is 0 Å². The van der Waals surface area contributed by atoms with Crippen LogP contribution >= 0.6 is 0 Å². The smallest absolute Gasteiger partial charge is 0.207 e. The molecule has 1 saturated carbocycles. The van der Waals surface area contributed by atoms with Crippen LogP contribution in [0.2, 0.25) is 0 Å². The van der Waals surface area contributed by atoms with E-state index in [0.29, 0.717) is 6.04 Å². The van der Waals surface area contributed by atoms with E-state index in [9.17, 15) is 0 Å². The summed E-state index contributed by atoms with van der Waals surface area (Å²) in [5, 5.41) is 3.65. The van der Waals surface area contributed by atoms with Gasteiger partial charge in [-0.2, -0.15) is 0 Å². The van der Waals surface area contributed by atoms with Crippen molar-refractivity contribution in [3.05, 3.63) is 42.2 Å². The van der Waals surface area contributed by atoms with Crippen LogP contribution in [0.1, 0.15) is 44.7 Å². The zero-order valence-corrected chi connectivity index (χ0v) is 13.0. The third-order valence-corrected chi connectivity index (χ3v) is 4.57. The Morgan fingerprint density at radius 1 is 1.14 bits per heavy atom. The number of aromatic nitrogens is 2. The third kappa shape index (κ3) is 3.29. The van der Waals surface area contributed by atoms with Gasteiger partial charge < -0.3 is 5.32 Å². The Balaban J connectivity index is 1.79. The highest BCUT2D eigenvalue weighted by molar-refractivity contribution is 5.43. The second kappa shape index (κ2) is 6.33. The zero-order valence-electron chi connectivity index (χ0n) is 13.0. The summed E-state index contributed by atoms with van der Waals surface area (Å²) in [4.78, 5) is 4.67.